The number of halogens is 1. The van der Waals surface area contributed by atoms with Crippen LogP contribution in [-0.4, -0.2) is 34.0 Å². The first-order chi connectivity index (χ1) is 12.0. The molecular weight excluding hydrogens is 340 g/mol. The molecule has 0 N–H and O–H groups in total. The Labute approximate surface area is 152 Å². The number of rotatable bonds is 8. The molecule has 25 heavy (non-hydrogen) atoms. The number of nitrogens with zero attached hydrogens (tertiary/aromatic N) is 4. The Balaban J connectivity index is 1.84. The smallest absolute Gasteiger partial charge is 0.226 e. The van der Waals surface area contributed by atoms with Crippen molar-refractivity contribution in [3.05, 3.63) is 35.2 Å². The quantitative estimate of drug-likeness (QED) is 0.716. The lowest BCUT2D eigenvalue weighted by molar-refractivity contribution is -0.131. The molecule has 0 radical (unpaired) electrons. The number of hydrogen-bond acceptors (Lipinski definition) is 5. The lowest BCUT2D eigenvalue weighted by Gasteiger charge is -2.21. The van der Waals surface area contributed by atoms with Gasteiger partial charge in [-0.05, 0) is 44.5 Å². The molecule has 0 saturated carbocycles. The number of carbonyl (C=O) groups is 1. The van der Waals surface area contributed by atoms with Crippen molar-refractivity contribution < 1.29 is 9.32 Å². The summed E-state index contributed by atoms with van der Waals surface area (Å²) in [5.74, 6) is 0.894. The molecule has 0 aliphatic carbocycles. The molecule has 132 valence electrons. The van der Waals surface area contributed by atoms with Crippen molar-refractivity contribution in [2.45, 2.75) is 33.1 Å². The monoisotopic (exact) mass is 360 g/mol. The van der Waals surface area contributed by atoms with Crippen LogP contribution in [0.4, 0.5) is 0 Å². The largest absolute Gasteiger partial charge is 0.342 e. The third-order valence-electron chi connectivity index (χ3n) is 3.80. The highest BCUT2D eigenvalue weighted by molar-refractivity contribution is 6.30. The number of nitriles is 1. The fourth-order valence-electron chi connectivity index (χ4n) is 2.40. The van der Waals surface area contributed by atoms with Crippen molar-refractivity contribution >= 4 is 17.5 Å². The van der Waals surface area contributed by atoms with E-state index in [0.717, 1.165) is 5.56 Å². The van der Waals surface area contributed by atoms with E-state index in [4.69, 9.17) is 21.4 Å². The first-order valence-corrected chi connectivity index (χ1v) is 8.67. The maximum atomic E-state index is 12.2. The summed E-state index contributed by atoms with van der Waals surface area (Å²) in [6, 6.07) is 9.35. The van der Waals surface area contributed by atoms with Crippen LogP contribution in [0.15, 0.2) is 28.8 Å². The predicted octanol–water partition coefficient (Wildman–Crippen LogP) is 3.72. The van der Waals surface area contributed by atoms with E-state index < -0.39 is 0 Å². The van der Waals surface area contributed by atoms with Crippen LogP contribution in [0.1, 0.15) is 32.6 Å². The summed E-state index contributed by atoms with van der Waals surface area (Å²) in [5, 5.41) is 13.5. The van der Waals surface area contributed by atoms with E-state index in [1.54, 1.807) is 17.0 Å². The highest BCUT2D eigenvalue weighted by Crippen LogP contribution is 2.19. The molecule has 6 nitrogen and oxygen atoms in total. The van der Waals surface area contributed by atoms with Gasteiger partial charge in [0.05, 0.1) is 12.0 Å². The first kappa shape index (κ1) is 18.9. The highest BCUT2D eigenvalue weighted by Gasteiger charge is 2.15. The van der Waals surface area contributed by atoms with Gasteiger partial charge in [-0.2, -0.15) is 10.2 Å². The van der Waals surface area contributed by atoms with E-state index in [1.807, 2.05) is 26.0 Å². The molecule has 1 aromatic carbocycles. The Morgan fingerprint density at radius 3 is 2.76 bits per heavy atom. The molecule has 0 aliphatic heterocycles. The van der Waals surface area contributed by atoms with Gasteiger partial charge in [0.2, 0.25) is 17.6 Å². The van der Waals surface area contributed by atoms with Gasteiger partial charge in [-0.25, -0.2) is 0 Å². The highest BCUT2D eigenvalue weighted by atomic mass is 35.5. The lowest BCUT2D eigenvalue weighted by Crippen LogP contribution is -2.34. The minimum atomic E-state index is -0.165. The fourth-order valence-corrected chi connectivity index (χ4v) is 2.53. The summed E-state index contributed by atoms with van der Waals surface area (Å²) in [4.78, 5) is 18.3. The summed E-state index contributed by atoms with van der Waals surface area (Å²) in [5.41, 5.74) is 0.832. The van der Waals surface area contributed by atoms with Gasteiger partial charge in [-0.1, -0.05) is 16.8 Å². The average Bonchev–Trinajstić information content (AvgIpc) is 3.08. The summed E-state index contributed by atoms with van der Waals surface area (Å²) in [7, 11) is 0. The molecule has 1 heterocycles. The van der Waals surface area contributed by atoms with Crippen LogP contribution in [-0.2, 0) is 11.2 Å². The number of carbonyl (C=O) groups excluding carboxylic acids is 1. The van der Waals surface area contributed by atoms with Crippen LogP contribution in [0.3, 0.4) is 0 Å². The normalized spacial score (nSPS) is 11.8. The molecule has 0 aliphatic rings. The maximum absolute atomic E-state index is 12.2. The molecule has 2 aromatic rings. The molecule has 2 rings (SSSR count). The SMILES string of the molecule is CCN(CC(C)C#N)C(=O)CCCc1nc(-c2ccc(Cl)cc2)no1. The Morgan fingerprint density at radius 1 is 1.40 bits per heavy atom. The Hall–Kier alpha value is -2.39. The van der Waals surface area contributed by atoms with Gasteiger partial charge in [0, 0.05) is 36.5 Å². The summed E-state index contributed by atoms with van der Waals surface area (Å²) in [6.07, 6.45) is 1.56. The van der Waals surface area contributed by atoms with E-state index in [9.17, 15) is 4.79 Å². The van der Waals surface area contributed by atoms with Gasteiger partial charge >= 0.3 is 0 Å². The maximum Gasteiger partial charge on any atom is 0.226 e. The average molecular weight is 361 g/mol. The third kappa shape index (κ3) is 5.57. The van der Waals surface area contributed by atoms with E-state index >= 15 is 0 Å². The lowest BCUT2D eigenvalue weighted by atomic mass is 10.1. The van der Waals surface area contributed by atoms with Crippen LogP contribution < -0.4 is 0 Å². The van der Waals surface area contributed by atoms with Crippen molar-refractivity contribution in [1.29, 1.82) is 5.26 Å². The predicted molar refractivity (Wildman–Crippen MR) is 94.7 cm³/mol. The van der Waals surface area contributed by atoms with E-state index in [0.29, 0.717) is 49.1 Å². The second-order valence-corrected chi connectivity index (χ2v) is 6.27. The van der Waals surface area contributed by atoms with E-state index in [-0.39, 0.29) is 11.8 Å². The minimum Gasteiger partial charge on any atom is -0.342 e. The van der Waals surface area contributed by atoms with Crippen LogP contribution in [0.25, 0.3) is 11.4 Å². The topological polar surface area (TPSA) is 83.0 Å². The molecule has 0 fully saturated rings. The Kier molecular flexibility index (Phi) is 6.96. The molecular formula is C18H21ClN4O2. The van der Waals surface area contributed by atoms with Crippen molar-refractivity contribution in [3.63, 3.8) is 0 Å². The van der Waals surface area contributed by atoms with Crippen LogP contribution in [0.2, 0.25) is 5.02 Å². The molecule has 1 atom stereocenters. The van der Waals surface area contributed by atoms with Gasteiger partial charge in [0.25, 0.3) is 0 Å². The summed E-state index contributed by atoms with van der Waals surface area (Å²) in [6.45, 7) is 4.80. The zero-order chi connectivity index (χ0) is 18.2. The Bertz CT molecular complexity index is 736. The molecule has 0 saturated heterocycles. The van der Waals surface area contributed by atoms with E-state index in [1.165, 1.54) is 0 Å². The number of hydrogen-bond donors (Lipinski definition) is 0. The summed E-state index contributed by atoms with van der Waals surface area (Å²) >= 11 is 5.86. The minimum absolute atomic E-state index is 0.0436. The van der Waals surface area contributed by atoms with Gasteiger partial charge < -0.3 is 9.42 Å². The number of aromatic nitrogens is 2. The zero-order valence-electron chi connectivity index (χ0n) is 14.4. The van der Waals surface area contributed by atoms with Crippen LogP contribution in [0.5, 0.6) is 0 Å². The molecule has 1 aromatic heterocycles. The van der Waals surface area contributed by atoms with Crippen molar-refractivity contribution in [1.82, 2.24) is 15.0 Å². The van der Waals surface area contributed by atoms with Gasteiger partial charge in [0.1, 0.15) is 0 Å². The Morgan fingerprint density at radius 2 is 2.12 bits per heavy atom. The standard InChI is InChI=1S/C18H21ClN4O2/c1-3-23(12-13(2)11-20)17(24)6-4-5-16-21-18(22-25-16)14-7-9-15(19)10-8-14/h7-10,13H,3-6,12H2,1-2H3. The molecule has 0 spiro atoms. The van der Waals surface area contributed by atoms with Crippen molar-refractivity contribution in [2.75, 3.05) is 13.1 Å². The molecule has 7 heteroatoms. The molecule has 0 bridgehead atoms. The fraction of sp³-hybridized carbons (Fsp3) is 0.444. The second kappa shape index (κ2) is 9.19. The van der Waals surface area contributed by atoms with Crippen LogP contribution in [0, 0.1) is 17.2 Å². The van der Waals surface area contributed by atoms with Crippen molar-refractivity contribution in [3.8, 4) is 17.5 Å². The third-order valence-corrected chi connectivity index (χ3v) is 4.05. The molecule has 1 amide bonds. The van der Waals surface area contributed by atoms with Crippen molar-refractivity contribution in [2.24, 2.45) is 5.92 Å². The molecule has 1 unspecified atom stereocenters. The zero-order valence-corrected chi connectivity index (χ0v) is 15.2. The number of aryl methyl sites for hydroxylation is 1. The van der Waals surface area contributed by atoms with Gasteiger partial charge in [-0.3, -0.25) is 4.79 Å². The van der Waals surface area contributed by atoms with E-state index in [2.05, 4.69) is 16.2 Å². The first-order valence-electron chi connectivity index (χ1n) is 8.29. The van der Waals surface area contributed by atoms with Gasteiger partial charge in [0.15, 0.2) is 0 Å². The van der Waals surface area contributed by atoms with Gasteiger partial charge in [-0.15, -0.1) is 0 Å². The van der Waals surface area contributed by atoms with Crippen LogP contribution >= 0.6 is 11.6 Å². The number of benzene rings is 1. The second-order valence-electron chi connectivity index (χ2n) is 5.83. The number of amides is 1. The summed E-state index contributed by atoms with van der Waals surface area (Å²) < 4.78 is 5.24.